The van der Waals surface area contributed by atoms with Gasteiger partial charge < -0.3 is 4.55 Å². The van der Waals surface area contributed by atoms with Crippen molar-refractivity contribution in [2.45, 2.75) is 5.75 Å². The first-order valence-corrected chi connectivity index (χ1v) is 7.35. The summed E-state index contributed by atoms with van der Waals surface area (Å²) >= 11 is -1.14. The van der Waals surface area contributed by atoms with Crippen LogP contribution in [0.25, 0.3) is 6.08 Å². The van der Waals surface area contributed by atoms with Gasteiger partial charge in [-0.05, 0) is 47.1 Å². The number of nitriles is 1. The molecule has 0 amide bonds. The number of halogens is 1. The van der Waals surface area contributed by atoms with E-state index in [1.165, 1.54) is 12.1 Å². The Bertz CT molecular complexity index is 629. The van der Waals surface area contributed by atoms with Gasteiger partial charge in [-0.25, -0.2) is 4.39 Å². The summed E-state index contributed by atoms with van der Waals surface area (Å²) in [6.07, 6.45) is 1.71. The Morgan fingerprint density at radius 3 is 2.35 bits per heavy atom. The molecule has 0 aromatic heterocycles. The summed E-state index contributed by atoms with van der Waals surface area (Å²) in [5.41, 5.74) is 2.30. The molecule has 0 radical (unpaired) electrons. The molecule has 2 aromatic rings. The minimum absolute atomic E-state index is 0.291. The van der Waals surface area contributed by atoms with E-state index in [2.05, 4.69) is 0 Å². The van der Waals surface area contributed by atoms with Gasteiger partial charge in [0, 0.05) is 5.56 Å². The fraction of sp³-hybridized carbons (Fsp3) is 0.0625. The van der Waals surface area contributed by atoms with E-state index in [0.29, 0.717) is 11.3 Å². The third-order valence-electron chi connectivity index (χ3n) is 2.67. The second kappa shape index (κ2) is 6.90. The highest BCUT2D eigenvalue weighted by molar-refractivity contribution is 7.93. The SMILES string of the molecule is N#Cc1ccc(C[S+]([O-])/C=C/c2ccc(F)cc2)cc1. The zero-order valence-corrected chi connectivity index (χ0v) is 11.4. The molecule has 0 aliphatic heterocycles. The van der Waals surface area contributed by atoms with Crippen LogP contribution in [0.15, 0.2) is 53.9 Å². The summed E-state index contributed by atoms with van der Waals surface area (Å²) in [6, 6.07) is 15.0. The highest BCUT2D eigenvalue weighted by atomic mass is 32.2. The minimum atomic E-state index is -1.14. The van der Waals surface area contributed by atoms with Gasteiger partial charge in [0.05, 0.1) is 11.6 Å². The number of benzene rings is 2. The van der Waals surface area contributed by atoms with Gasteiger partial charge in [0.15, 0.2) is 0 Å². The van der Waals surface area contributed by atoms with Gasteiger partial charge in [0.2, 0.25) is 0 Å². The highest BCUT2D eigenvalue weighted by Gasteiger charge is 2.04. The lowest BCUT2D eigenvalue weighted by Gasteiger charge is -2.05. The van der Waals surface area contributed by atoms with Gasteiger partial charge in [-0.2, -0.15) is 5.26 Å². The molecule has 0 bridgehead atoms. The van der Waals surface area contributed by atoms with Crippen molar-refractivity contribution in [3.05, 3.63) is 76.4 Å². The van der Waals surface area contributed by atoms with Crippen LogP contribution in [-0.4, -0.2) is 4.55 Å². The molecule has 0 N–H and O–H groups in total. The summed E-state index contributed by atoms with van der Waals surface area (Å²) in [4.78, 5) is 0. The van der Waals surface area contributed by atoms with E-state index in [4.69, 9.17) is 5.26 Å². The van der Waals surface area contributed by atoms with Crippen molar-refractivity contribution >= 4 is 17.3 Å². The van der Waals surface area contributed by atoms with Crippen molar-refractivity contribution in [1.82, 2.24) is 0 Å². The Labute approximate surface area is 120 Å². The average molecular weight is 285 g/mol. The molecule has 20 heavy (non-hydrogen) atoms. The average Bonchev–Trinajstić information content (AvgIpc) is 2.47. The molecule has 2 aromatic carbocycles. The molecule has 100 valence electrons. The Morgan fingerprint density at radius 2 is 1.75 bits per heavy atom. The second-order valence-corrected chi connectivity index (χ2v) is 5.51. The van der Waals surface area contributed by atoms with Crippen LogP contribution < -0.4 is 0 Å². The standard InChI is InChI=1S/C16H12FNOS/c17-16-7-5-13(6-8-16)9-10-20(19)12-15-3-1-14(11-18)2-4-15/h1-10H,12H2/b10-9+. The maximum atomic E-state index is 12.7. The van der Waals surface area contributed by atoms with Crippen LogP contribution in [-0.2, 0) is 16.9 Å². The molecule has 0 saturated heterocycles. The van der Waals surface area contributed by atoms with Crippen molar-refractivity contribution in [2.24, 2.45) is 0 Å². The molecule has 0 saturated carbocycles. The Hall–Kier alpha value is -2.09. The number of nitrogens with zero attached hydrogens (tertiary/aromatic N) is 1. The Morgan fingerprint density at radius 1 is 1.10 bits per heavy atom. The first kappa shape index (κ1) is 14.3. The first-order valence-electron chi connectivity index (χ1n) is 5.97. The maximum Gasteiger partial charge on any atom is 0.135 e. The third kappa shape index (κ3) is 4.23. The molecular formula is C16H12FNOS. The van der Waals surface area contributed by atoms with Gasteiger partial charge in [-0.15, -0.1) is 0 Å². The summed E-state index contributed by atoms with van der Waals surface area (Å²) in [6.45, 7) is 0. The lowest BCUT2D eigenvalue weighted by Crippen LogP contribution is -1.99. The van der Waals surface area contributed by atoms with Gasteiger partial charge in [0.25, 0.3) is 0 Å². The third-order valence-corrected chi connectivity index (χ3v) is 3.73. The van der Waals surface area contributed by atoms with Crippen molar-refractivity contribution in [3.8, 4) is 6.07 Å². The van der Waals surface area contributed by atoms with Crippen LogP contribution in [0.1, 0.15) is 16.7 Å². The maximum absolute atomic E-state index is 12.7. The van der Waals surface area contributed by atoms with E-state index in [1.54, 1.807) is 47.9 Å². The lowest BCUT2D eigenvalue weighted by molar-refractivity contribution is 0.603. The van der Waals surface area contributed by atoms with Crippen molar-refractivity contribution < 1.29 is 8.94 Å². The van der Waals surface area contributed by atoms with Crippen LogP contribution in [0.4, 0.5) is 4.39 Å². The molecule has 0 aliphatic rings. The molecule has 2 nitrogen and oxygen atoms in total. The van der Waals surface area contributed by atoms with Gasteiger partial charge in [-0.1, -0.05) is 24.3 Å². The van der Waals surface area contributed by atoms with Crippen molar-refractivity contribution in [2.75, 3.05) is 0 Å². The predicted molar refractivity (Wildman–Crippen MR) is 78.4 cm³/mol. The molecule has 4 heteroatoms. The molecule has 2 rings (SSSR count). The second-order valence-electron chi connectivity index (χ2n) is 4.19. The van der Waals surface area contributed by atoms with Crippen LogP contribution in [0.3, 0.4) is 0 Å². The first-order chi connectivity index (χ1) is 9.67. The highest BCUT2D eigenvalue weighted by Crippen LogP contribution is 2.11. The molecular weight excluding hydrogens is 273 g/mol. The quantitative estimate of drug-likeness (QED) is 0.805. The van der Waals surface area contributed by atoms with Gasteiger partial charge in [0.1, 0.15) is 17.0 Å². The van der Waals surface area contributed by atoms with Gasteiger partial charge in [-0.3, -0.25) is 0 Å². The molecule has 0 aliphatic carbocycles. The fourth-order valence-corrected chi connectivity index (χ4v) is 2.54. The smallest absolute Gasteiger partial charge is 0.135 e. The summed E-state index contributed by atoms with van der Waals surface area (Å²) < 4.78 is 24.6. The van der Waals surface area contributed by atoms with E-state index in [1.807, 2.05) is 6.07 Å². The van der Waals surface area contributed by atoms with Crippen LogP contribution >= 0.6 is 0 Å². The summed E-state index contributed by atoms with van der Waals surface area (Å²) in [7, 11) is 0. The lowest BCUT2D eigenvalue weighted by atomic mass is 10.2. The number of rotatable bonds is 4. The van der Waals surface area contributed by atoms with E-state index in [-0.39, 0.29) is 5.82 Å². The normalized spacial score (nSPS) is 12.2. The van der Waals surface area contributed by atoms with E-state index in [0.717, 1.165) is 11.1 Å². The number of hydrogen-bond acceptors (Lipinski definition) is 2. The van der Waals surface area contributed by atoms with Crippen LogP contribution in [0, 0.1) is 17.1 Å². The van der Waals surface area contributed by atoms with Crippen LogP contribution in [0.5, 0.6) is 0 Å². The van der Waals surface area contributed by atoms with E-state index < -0.39 is 11.2 Å². The van der Waals surface area contributed by atoms with E-state index >= 15 is 0 Å². The largest absolute Gasteiger partial charge is 0.612 e. The zero-order valence-electron chi connectivity index (χ0n) is 10.6. The molecule has 0 heterocycles. The van der Waals surface area contributed by atoms with Crippen LogP contribution in [0.2, 0.25) is 0 Å². The van der Waals surface area contributed by atoms with Crippen molar-refractivity contribution in [3.63, 3.8) is 0 Å². The Balaban J connectivity index is 1.96. The molecule has 0 spiro atoms. The van der Waals surface area contributed by atoms with E-state index in [9.17, 15) is 8.94 Å². The number of hydrogen-bond donors (Lipinski definition) is 0. The summed E-state index contributed by atoms with van der Waals surface area (Å²) in [5.74, 6) is 0.101. The predicted octanol–water partition coefficient (Wildman–Crippen LogP) is 3.62. The van der Waals surface area contributed by atoms with Crippen molar-refractivity contribution in [1.29, 1.82) is 5.26 Å². The zero-order chi connectivity index (χ0) is 14.4. The molecule has 1 unspecified atom stereocenters. The monoisotopic (exact) mass is 285 g/mol. The topological polar surface area (TPSA) is 46.8 Å². The molecule has 1 atom stereocenters. The fourth-order valence-electron chi connectivity index (χ4n) is 1.62. The minimum Gasteiger partial charge on any atom is -0.612 e. The molecule has 0 fully saturated rings. The Kier molecular flexibility index (Phi) is 4.94. The summed E-state index contributed by atoms with van der Waals surface area (Å²) in [5, 5.41) is 10.3. The van der Waals surface area contributed by atoms with Gasteiger partial charge >= 0.3 is 0 Å².